The van der Waals surface area contributed by atoms with Gasteiger partial charge < -0.3 is 10.1 Å². The molecule has 0 amide bonds. The Morgan fingerprint density at radius 1 is 1.40 bits per heavy atom. The molecule has 112 valence electrons. The van der Waals surface area contributed by atoms with E-state index in [4.69, 9.17) is 4.74 Å². The fourth-order valence-electron chi connectivity index (χ4n) is 3.23. The van der Waals surface area contributed by atoms with Crippen LogP contribution in [0, 0.1) is 5.41 Å². The predicted octanol–water partition coefficient (Wildman–Crippen LogP) is 4.69. The molecule has 0 radical (unpaired) electrons. The fourth-order valence-corrected chi connectivity index (χ4v) is 3.85. The number of rotatable bonds is 6. The zero-order valence-corrected chi connectivity index (χ0v) is 14.5. The second kappa shape index (κ2) is 6.59. The highest BCUT2D eigenvalue weighted by atomic mass is 79.9. The van der Waals surface area contributed by atoms with Gasteiger partial charge in [0, 0.05) is 28.6 Å². The maximum Gasteiger partial charge on any atom is 0.0658 e. The lowest BCUT2D eigenvalue weighted by Crippen LogP contribution is -2.62. The Labute approximate surface area is 131 Å². The molecule has 0 aliphatic heterocycles. The van der Waals surface area contributed by atoms with Crippen LogP contribution in [0.4, 0.5) is 0 Å². The summed E-state index contributed by atoms with van der Waals surface area (Å²) in [5.41, 5.74) is 1.58. The molecule has 0 bridgehead atoms. The molecule has 3 heteroatoms. The predicted molar refractivity (Wildman–Crippen MR) is 87.9 cm³/mol. The van der Waals surface area contributed by atoms with E-state index in [-0.39, 0.29) is 5.41 Å². The van der Waals surface area contributed by atoms with Crippen molar-refractivity contribution in [1.29, 1.82) is 0 Å². The average Bonchev–Trinajstić information content (AvgIpc) is 2.45. The first-order chi connectivity index (χ1) is 9.52. The summed E-state index contributed by atoms with van der Waals surface area (Å²) < 4.78 is 7.06. The van der Waals surface area contributed by atoms with Crippen molar-refractivity contribution < 1.29 is 4.74 Å². The Morgan fingerprint density at radius 3 is 2.70 bits per heavy atom. The molecule has 0 aromatic heterocycles. The Kier molecular flexibility index (Phi) is 5.27. The Hall–Kier alpha value is -0.380. The van der Waals surface area contributed by atoms with Gasteiger partial charge in [-0.1, -0.05) is 48.0 Å². The molecular weight excluding hydrogens is 314 g/mol. The molecule has 1 aromatic rings. The second-order valence-electron chi connectivity index (χ2n) is 6.00. The topological polar surface area (TPSA) is 21.3 Å². The number of hydrogen-bond donors (Lipinski definition) is 1. The summed E-state index contributed by atoms with van der Waals surface area (Å²) in [6, 6.07) is 9.33. The monoisotopic (exact) mass is 339 g/mol. The van der Waals surface area contributed by atoms with Crippen LogP contribution >= 0.6 is 15.9 Å². The van der Waals surface area contributed by atoms with Gasteiger partial charge in [-0.2, -0.15) is 0 Å². The Balaban J connectivity index is 2.02. The average molecular weight is 340 g/mol. The summed E-state index contributed by atoms with van der Waals surface area (Å²) >= 11 is 3.64. The van der Waals surface area contributed by atoms with Crippen molar-refractivity contribution in [2.45, 2.75) is 58.7 Å². The summed E-state index contributed by atoms with van der Waals surface area (Å²) in [5.74, 6) is 0. The lowest BCUT2D eigenvalue weighted by Gasteiger charge is -2.54. The quantitative estimate of drug-likeness (QED) is 0.811. The van der Waals surface area contributed by atoms with Gasteiger partial charge in [0.2, 0.25) is 0 Å². The third-order valence-corrected chi connectivity index (χ3v) is 5.66. The molecule has 1 aliphatic carbocycles. The number of benzene rings is 1. The molecule has 1 saturated carbocycles. The smallest absolute Gasteiger partial charge is 0.0658 e. The van der Waals surface area contributed by atoms with Gasteiger partial charge in [-0.05, 0) is 38.3 Å². The van der Waals surface area contributed by atoms with Gasteiger partial charge in [-0.3, -0.25) is 0 Å². The fraction of sp³-hybridized carbons (Fsp3) is 0.647. The maximum absolute atomic E-state index is 5.88. The number of halogens is 1. The van der Waals surface area contributed by atoms with E-state index in [1.54, 1.807) is 0 Å². The van der Waals surface area contributed by atoms with E-state index in [0.29, 0.717) is 18.2 Å². The number of ether oxygens (including phenoxy) is 1. The van der Waals surface area contributed by atoms with Crippen LogP contribution in [-0.4, -0.2) is 18.8 Å². The lowest BCUT2D eigenvalue weighted by molar-refractivity contribution is -0.127. The van der Waals surface area contributed by atoms with Gasteiger partial charge in [0.05, 0.1) is 6.10 Å². The third-order valence-electron chi connectivity index (χ3n) is 4.93. The van der Waals surface area contributed by atoms with Crippen LogP contribution in [0.3, 0.4) is 0 Å². The molecule has 0 spiro atoms. The van der Waals surface area contributed by atoms with Crippen LogP contribution in [-0.2, 0) is 4.74 Å². The van der Waals surface area contributed by atoms with Gasteiger partial charge in [0.15, 0.2) is 0 Å². The van der Waals surface area contributed by atoms with E-state index >= 15 is 0 Å². The Bertz CT molecular complexity index is 450. The van der Waals surface area contributed by atoms with Gasteiger partial charge in [0.25, 0.3) is 0 Å². The summed E-state index contributed by atoms with van der Waals surface area (Å²) in [6.45, 7) is 9.75. The molecule has 2 rings (SSSR count). The van der Waals surface area contributed by atoms with Crippen LogP contribution in [0.25, 0.3) is 0 Å². The molecule has 3 unspecified atom stereocenters. The molecule has 1 fully saturated rings. The van der Waals surface area contributed by atoms with Crippen molar-refractivity contribution in [1.82, 2.24) is 5.32 Å². The molecule has 0 heterocycles. The molecule has 2 nitrogen and oxygen atoms in total. The second-order valence-corrected chi connectivity index (χ2v) is 6.86. The molecule has 1 aromatic carbocycles. The van der Waals surface area contributed by atoms with E-state index < -0.39 is 0 Å². The van der Waals surface area contributed by atoms with Crippen molar-refractivity contribution in [2.24, 2.45) is 5.41 Å². The van der Waals surface area contributed by atoms with Crippen molar-refractivity contribution in [3.8, 4) is 0 Å². The van der Waals surface area contributed by atoms with Crippen molar-refractivity contribution in [3.63, 3.8) is 0 Å². The first kappa shape index (κ1) is 16.0. The first-order valence-electron chi connectivity index (χ1n) is 7.65. The summed E-state index contributed by atoms with van der Waals surface area (Å²) in [6.07, 6.45) is 2.67. The number of nitrogens with one attached hydrogen (secondary N) is 1. The molecule has 20 heavy (non-hydrogen) atoms. The van der Waals surface area contributed by atoms with Crippen LogP contribution in [0.15, 0.2) is 28.7 Å². The summed E-state index contributed by atoms with van der Waals surface area (Å²) in [4.78, 5) is 0. The van der Waals surface area contributed by atoms with Crippen LogP contribution in [0.1, 0.15) is 52.1 Å². The highest BCUT2D eigenvalue weighted by molar-refractivity contribution is 9.10. The molecule has 0 saturated heterocycles. The van der Waals surface area contributed by atoms with E-state index in [1.807, 2.05) is 0 Å². The normalized spacial score (nSPS) is 30.9. The zero-order valence-electron chi connectivity index (χ0n) is 12.9. The minimum atomic E-state index is 0.255. The highest BCUT2D eigenvalue weighted by Gasteiger charge is 2.51. The zero-order chi connectivity index (χ0) is 14.8. The maximum atomic E-state index is 5.88. The summed E-state index contributed by atoms with van der Waals surface area (Å²) in [5, 5.41) is 3.79. The van der Waals surface area contributed by atoms with Crippen LogP contribution in [0.2, 0.25) is 0 Å². The van der Waals surface area contributed by atoms with Gasteiger partial charge >= 0.3 is 0 Å². The molecule has 4 atom stereocenters. The van der Waals surface area contributed by atoms with Crippen molar-refractivity contribution in [3.05, 3.63) is 34.3 Å². The van der Waals surface area contributed by atoms with Gasteiger partial charge in [-0.15, -0.1) is 0 Å². The SMILES string of the molecule is CCOC1CC(N[C@H](C)c2ccccc2Br)C1(C)CC. The van der Waals surface area contributed by atoms with E-state index in [2.05, 4.69) is 73.2 Å². The van der Waals surface area contributed by atoms with E-state index in [1.165, 1.54) is 10.0 Å². The lowest BCUT2D eigenvalue weighted by atomic mass is 9.61. The Morgan fingerprint density at radius 2 is 2.10 bits per heavy atom. The minimum Gasteiger partial charge on any atom is -0.378 e. The van der Waals surface area contributed by atoms with E-state index in [9.17, 15) is 0 Å². The molecule has 1 N–H and O–H groups in total. The first-order valence-corrected chi connectivity index (χ1v) is 8.44. The number of hydrogen-bond acceptors (Lipinski definition) is 2. The molecular formula is C17H26BrNO. The summed E-state index contributed by atoms with van der Waals surface area (Å²) in [7, 11) is 0. The van der Waals surface area contributed by atoms with Crippen molar-refractivity contribution in [2.75, 3.05) is 6.61 Å². The van der Waals surface area contributed by atoms with Crippen LogP contribution < -0.4 is 5.32 Å². The highest BCUT2D eigenvalue weighted by Crippen LogP contribution is 2.46. The molecule has 1 aliphatic rings. The van der Waals surface area contributed by atoms with Crippen molar-refractivity contribution >= 4 is 15.9 Å². The minimum absolute atomic E-state index is 0.255. The van der Waals surface area contributed by atoms with E-state index in [0.717, 1.165) is 19.4 Å². The standard InChI is InChI=1S/C17H26BrNO/c1-5-17(4)15(11-16(17)20-6-2)19-12(3)13-9-7-8-10-14(13)18/h7-10,12,15-16,19H,5-6,11H2,1-4H3/t12-,15?,16?,17?/m1/s1. The van der Waals surface area contributed by atoms with Crippen LogP contribution in [0.5, 0.6) is 0 Å². The largest absolute Gasteiger partial charge is 0.378 e. The third kappa shape index (κ3) is 2.95. The van der Waals surface area contributed by atoms with Gasteiger partial charge in [0.1, 0.15) is 0 Å². The van der Waals surface area contributed by atoms with Gasteiger partial charge in [-0.25, -0.2) is 0 Å².